The van der Waals surface area contributed by atoms with Gasteiger partial charge >= 0.3 is 0 Å². The maximum atomic E-state index is 6.06. The SMILES string of the molecule is CC(C)(C)c1c(N)nnn1CCOc1c(Cl)cccc1Cl. The number of anilines is 1. The van der Waals surface area contributed by atoms with Gasteiger partial charge in [0.15, 0.2) is 11.6 Å². The van der Waals surface area contributed by atoms with Crippen LogP contribution in [0, 0.1) is 0 Å². The molecule has 0 aliphatic carbocycles. The molecule has 0 amide bonds. The standard InChI is InChI=1S/C14H18Cl2N4O/c1-14(2,3)12-13(17)18-19-20(12)7-8-21-11-9(15)5-4-6-10(11)16/h4-6H,7-8,17H2,1-3H3. The van der Waals surface area contributed by atoms with Gasteiger partial charge in [-0.25, -0.2) is 4.68 Å². The monoisotopic (exact) mass is 328 g/mol. The van der Waals surface area contributed by atoms with E-state index >= 15 is 0 Å². The summed E-state index contributed by atoms with van der Waals surface area (Å²) in [5.41, 5.74) is 6.62. The molecule has 2 N–H and O–H groups in total. The number of nitrogen functional groups attached to an aromatic ring is 1. The van der Waals surface area contributed by atoms with E-state index in [1.807, 2.05) is 0 Å². The summed E-state index contributed by atoms with van der Waals surface area (Å²) in [6.07, 6.45) is 0. The molecule has 0 spiro atoms. The Bertz CT molecular complexity index is 614. The first-order valence-electron chi connectivity index (χ1n) is 6.57. The fourth-order valence-corrected chi connectivity index (χ4v) is 2.62. The van der Waals surface area contributed by atoms with E-state index in [0.717, 1.165) is 5.69 Å². The zero-order valence-corrected chi connectivity index (χ0v) is 13.7. The van der Waals surface area contributed by atoms with Gasteiger partial charge < -0.3 is 10.5 Å². The van der Waals surface area contributed by atoms with Crippen LogP contribution >= 0.6 is 23.2 Å². The maximum Gasteiger partial charge on any atom is 0.169 e. The van der Waals surface area contributed by atoms with E-state index in [1.165, 1.54) is 0 Å². The van der Waals surface area contributed by atoms with Crippen LogP contribution in [0.15, 0.2) is 18.2 Å². The highest BCUT2D eigenvalue weighted by molar-refractivity contribution is 6.37. The molecule has 0 fully saturated rings. The van der Waals surface area contributed by atoms with E-state index in [4.69, 9.17) is 33.7 Å². The van der Waals surface area contributed by atoms with Crippen LogP contribution in [0.5, 0.6) is 5.75 Å². The highest BCUT2D eigenvalue weighted by Crippen LogP contribution is 2.32. The number of benzene rings is 1. The minimum Gasteiger partial charge on any atom is -0.489 e. The number of hydrogen-bond acceptors (Lipinski definition) is 4. The number of ether oxygens (including phenoxy) is 1. The lowest BCUT2D eigenvalue weighted by Gasteiger charge is -2.20. The van der Waals surface area contributed by atoms with Crippen molar-refractivity contribution in [3.63, 3.8) is 0 Å². The van der Waals surface area contributed by atoms with E-state index in [0.29, 0.717) is 34.8 Å². The van der Waals surface area contributed by atoms with Crippen LogP contribution in [0.2, 0.25) is 10.0 Å². The third-order valence-corrected chi connectivity index (χ3v) is 3.54. The fourth-order valence-electron chi connectivity index (χ4n) is 2.11. The Morgan fingerprint density at radius 2 is 1.86 bits per heavy atom. The molecular weight excluding hydrogens is 311 g/mol. The van der Waals surface area contributed by atoms with Crippen molar-refractivity contribution in [2.75, 3.05) is 12.3 Å². The summed E-state index contributed by atoms with van der Waals surface area (Å²) >= 11 is 12.1. The van der Waals surface area contributed by atoms with Gasteiger partial charge in [0.05, 0.1) is 22.3 Å². The Hall–Kier alpha value is -1.46. The number of halogens is 2. The lowest BCUT2D eigenvalue weighted by atomic mass is 9.92. The highest BCUT2D eigenvalue weighted by Gasteiger charge is 2.24. The second kappa shape index (κ2) is 6.12. The number of nitrogens with zero attached hydrogens (tertiary/aromatic N) is 3. The summed E-state index contributed by atoms with van der Waals surface area (Å²) in [6, 6.07) is 5.24. The topological polar surface area (TPSA) is 66.0 Å². The Kier molecular flexibility index (Phi) is 4.64. The molecule has 114 valence electrons. The van der Waals surface area contributed by atoms with Gasteiger partial charge in [-0.15, -0.1) is 5.10 Å². The normalized spacial score (nSPS) is 11.7. The minimum absolute atomic E-state index is 0.143. The average Bonchev–Trinajstić information content (AvgIpc) is 2.74. The van der Waals surface area contributed by atoms with E-state index in [9.17, 15) is 0 Å². The zero-order valence-electron chi connectivity index (χ0n) is 12.2. The van der Waals surface area contributed by atoms with Crippen LogP contribution in [0.4, 0.5) is 5.82 Å². The molecule has 1 heterocycles. The quantitative estimate of drug-likeness (QED) is 0.932. The molecule has 2 aromatic rings. The Balaban J connectivity index is 2.08. The molecule has 0 aliphatic rings. The molecule has 0 unspecified atom stereocenters. The van der Waals surface area contributed by atoms with Gasteiger partial charge in [-0.1, -0.05) is 55.3 Å². The van der Waals surface area contributed by atoms with Gasteiger partial charge in [-0.3, -0.25) is 0 Å². The van der Waals surface area contributed by atoms with E-state index < -0.39 is 0 Å². The lowest BCUT2D eigenvalue weighted by Crippen LogP contribution is -2.22. The van der Waals surface area contributed by atoms with Crippen LogP contribution < -0.4 is 10.5 Å². The number of para-hydroxylation sites is 1. The molecule has 21 heavy (non-hydrogen) atoms. The van der Waals surface area contributed by atoms with Gasteiger partial charge in [0.2, 0.25) is 0 Å². The average molecular weight is 329 g/mol. The predicted octanol–water partition coefficient (Wildman–Crippen LogP) is 3.54. The van der Waals surface area contributed by atoms with Gasteiger partial charge in [-0.2, -0.15) is 0 Å². The Morgan fingerprint density at radius 3 is 2.43 bits per heavy atom. The van der Waals surface area contributed by atoms with Crippen LogP contribution in [-0.4, -0.2) is 21.6 Å². The van der Waals surface area contributed by atoms with E-state index in [1.54, 1.807) is 22.9 Å². The van der Waals surface area contributed by atoms with E-state index in [-0.39, 0.29) is 5.41 Å². The maximum absolute atomic E-state index is 6.06. The van der Waals surface area contributed by atoms with Gasteiger partial charge in [0.25, 0.3) is 0 Å². The fraction of sp³-hybridized carbons (Fsp3) is 0.429. The summed E-state index contributed by atoms with van der Waals surface area (Å²) in [4.78, 5) is 0. The summed E-state index contributed by atoms with van der Waals surface area (Å²) in [5.74, 6) is 0.921. The van der Waals surface area contributed by atoms with Gasteiger partial charge in [0.1, 0.15) is 6.61 Å². The minimum atomic E-state index is -0.143. The first-order valence-corrected chi connectivity index (χ1v) is 7.32. The van der Waals surface area contributed by atoms with E-state index in [2.05, 4.69) is 31.1 Å². The number of aromatic nitrogens is 3. The molecule has 0 saturated carbocycles. The lowest BCUT2D eigenvalue weighted by molar-refractivity contribution is 0.284. The Morgan fingerprint density at radius 1 is 1.24 bits per heavy atom. The van der Waals surface area contributed by atoms with Crippen LogP contribution in [0.3, 0.4) is 0 Å². The van der Waals surface area contributed by atoms with Crippen molar-refractivity contribution in [2.45, 2.75) is 32.7 Å². The second-order valence-corrected chi connectivity index (χ2v) is 6.51. The predicted molar refractivity (Wildman–Crippen MR) is 85.1 cm³/mol. The van der Waals surface area contributed by atoms with Gasteiger partial charge in [-0.05, 0) is 12.1 Å². The molecule has 0 aliphatic heterocycles. The molecule has 0 radical (unpaired) electrons. The first-order chi connectivity index (χ1) is 9.80. The summed E-state index contributed by atoms with van der Waals surface area (Å²) < 4.78 is 7.41. The van der Waals surface area contributed by atoms with Crippen molar-refractivity contribution in [3.8, 4) is 5.75 Å². The number of hydrogen-bond donors (Lipinski definition) is 1. The zero-order chi connectivity index (χ0) is 15.6. The van der Waals surface area contributed by atoms with Crippen LogP contribution in [0.1, 0.15) is 26.5 Å². The number of rotatable bonds is 4. The molecule has 0 atom stereocenters. The largest absolute Gasteiger partial charge is 0.489 e. The third kappa shape index (κ3) is 3.60. The van der Waals surface area contributed by atoms with Crippen molar-refractivity contribution in [3.05, 3.63) is 33.9 Å². The van der Waals surface area contributed by atoms with Crippen molar-refractivity contribution in [2.24, 2.45) is 0 Å². The molecule has 5 nitrogen and oxygen atoms in total. The van der Waals surface area contributed by atoms with Crippen molar-refractivity contribution >= 4 is 29.0 Å². The smallest absolute Gasteiger partial charge is 0.169 e. The van der Waals surface area contributed by atoms with Crippen LogP contribution in [-0.2, 0) is 12.0 Å². The summed E-state index contributed by atoms with van der Waals surface area (Å²) in [6.45, 7) is 7.06. The number of nitrogens with two attached hydrogens (primary N) is 1. The third-order valence-electron chi connectivity index (χ3n) is 2.94. The second-order valence-electron chi connectivity index (χ2n) is 5.70. The van der Waals surface area contributed by atoms with Gasteiger partial charge in [0, 0.05) is 5.41 Å². The highest BCUT2D eigenvalue weighted by atomic mass is 35.5. The Labute approximate surface area is 134 Å². The van der Waals surface area contributed by atoms with Crippen molar-refractivity contribution < 1.29 is 4.74 Å². The molecule has 7 heteroatoms. The van der Waals surface area contributed by atoms with Crippen LogP contribution in [0.25, 0.3) is 0 Å². The molecule has 0 saturated heterocycles. The van der Waals surface area contributed by atoms with Crippen molar-refractivity contribution in [1.82, 2.24) is 15.0 Å². The summed E-state index contributed by atoms with van der Waals surface area (Å²) in [5, 5.41) is 8.95. The molecule has 1 aromatic carbocycles. The first kappa shape index (κ1) is 15.9. The molecule has 0 bridgehead atoms. The summed E-state index contributed by atoms with van der Waals surface area (Å²) in [7, 11) is 0. The molecular formula is C14H18Cl2N4O. The van der Waals surface area contributed by atoms with Crippen molar-refractivity contribution in [1.29, 1.82) is 0 Å². The molecule has 1 aromatic heterocycles. The molecule has 2 rings (SSSR count).